The van der Waals surface area contributed by atoms with Crippen LogP contribution < -0.4 is 11.1 Å². The van der Waals surface area contributed by atoms with Crippen LogP contribution in [-0.2, 0) is 0 Å². The third-order valence-electron chi connectivity index (χ3n) is 3.03. The Morgan fingerprint density at radius 1 is 1.25 bits per heavy atom. The minimum atomic E-state index is -0.524. The lowest BCUT2D eigenvalue weighted by Crippen LogP contribution is -2.15. The maximum atomic E-state index is 13.9. The molecule has 1 amide bonds. The van der Waals surface area contributed by atoms with Crippen molar-refractivity contribution in [1.29, 1.82) is 0 Å². The van der Waals surface area contributed by atoms with Crippen molar-refractivity contribution >= 4 is 28.9 Å². The lowest BCUT2D eigenvalue weighted by Gasteiger charge is -2.11. The molecule has 0 fully saturated rings. The van der Waals surface area contributed by atoms with Gasteiger partial charge in [0.15, 0.2) is 0 Å². The predicted molar refractivity (Wildman–Crippen MR) is 79.7 cm³/mol. The highest BCUT2D eigenvalue weighted by Crippen LogP contribution is 2.27. The number of carbonyl (C=O) groups is 1. The minimum absolute atomic E-state index is 0.00246. The summed E-state index contributed by atoms with van der Waals surface area (Å²) in [7, 11) is 0. The molecule has 0 aliphatic heterocycles. The average molecular weight is 293 g/mol. The number of hydrogen-bond donors (Lipinski definition) is 2. The van der Waals surface area contributed by atoms with Crippen molar-refractivity contribution in [3.05, 3.63) is 57.9 Å². The molecule has 0 bridgehead atoms. The summed E-state index contributed by atoms with van der Waals surface area (Å²) in [5.41, 5.74) is 7.79. The first-order valence-corrected chi connectivity index (χ1v) is 6.40. The molecule has 0 aromatic heterocycles. The Kier molecular flexibility index (Phi) is 3.95. The zero-order chi connectivity index (χ0) is 14.9. The van der Waals surface area contributed by atoms with E-state index in [4.69, 9.17) is 17.3 Å². The summed E-state index contributed by atoms with van der Waals surface area (Å²) in [5, 5.41) is 2.99. The Balaban J connectivity index is 2.33. The SMILES string of the molecule is Cc1cc(N)c(Cl)cc1NC(=O)c1cccc(C)c1F. The number of hydrogen-bond acceptors (Lipinski definition) is 2. The van der Waals surface area contributed by atoms with Crippen LogP contribution in [0.1, 0.15) is 21.5 Å². The minimum Gasteiger partial charge on any atom is -0.398 e. The normalized spacial score (nSPS) is 10.4. The molecule has 3 nitrogen and oxygen atoms in total. The summed E-state index contributed by atoms with van der Waals surface area (Å²) in [6, 6.07) is 7.89. The number of amides is 1. The summed E-state index contributed by atoms with van der Waals surface area (Å²) in [4.78, 5) is 12.1. The molecule has 3 N–H and O–H groups in total. The summed E-state index contributed by atoms with van der Waals surface area (Å²) >= 11 is 5.92. The van der Waals surface area contributed by atoms with Crippen LogP contribution in [0.15, 0.2) is 30.3 Å². The molecule has 0 heterocycles. The molecule has 0 radical (unpaired) electrons. The number of carbonyl (C=O) groups excluding carboxylic acids is 1. The van der Waals surface area contributed by atoms with E-state index in [0.29, 0.717) is 22.0 Å². The van der Waals surface area contributed by atoms with Crippen molar-refractivity contribution in [2.24, 2.45) is 0 Å². The molecule has 0 saturated carbocycles. The van der Waals surface area contributed by atoms with Crippen LogP contribution in [0.2, 0.25) is 5.02 Å². The summed E-state index contributed by atoms with van der Waals surface area (Å²) in [6.45, 7) is 3.40. The molecule has 0 spiro atoms. The van der Waals surface area contributed by atoms with Crippen LogP contribution in [-0.4, -0.2) is 5.91 Å². The third-order valence-corrected chi connectivity index (χ3v) is 3.36. The summed E-state index contributed by atoms with van der Waals surface area (Å²) < 4.78 is 13.9. The number of rotatable bonds is 2. The van der Waals surface area contributed by atoms with E-state index in [2.05, 4.69) is 5.32 Å². The van der Waals surface area contributed by atoms with Gasteiger partial charge in [-0.3, -0.25) is 4.79 Å². The standard InChI is InChI=1S/C15H14ClFN2O/c1-8-4-3-5-10(14(8)17)15(20)19-13-7-11(16)12(18)6-9(13)2/h3-7H,18H2,1-2H3,(H,19,20). The highest BCUT2D eigenvalue weighted by molar-refractivity contribution is 6.33. The molecule has 20 heavy (non-hydrogen) atoms. The molecule has 2 aromatic carbocycles. The second kappa shape index (κ2) is 5.51. The van der Waals surface area contributed by atoms with Gasteiger partial charge in [-0.25, -0.2) is 4.39 Å². The van der Waals surface area contributed by atoms with Gasteiger partial charge in [0.2, 0.25) is 0 Å². The van der Waals surface area contributed by atoms with Crippen molar-refractivity contribution in [3.63, 3.8) is 0 Å². The van der Waals surface area contributed by atoms with Crippen molar-refractivity contribution in [1.82, 2.24) is 0 Å². The van der Waals surface area contributed by atoms with Crippen LogP contribution in [0.4, 0.5) is 15.8 Å². The van der Waals surface area contributed by atoms with Crippen molar-refractivity contribution in [2.75, 3.05) is 11.1 Å². The van der Waals surface area contributed by atoms with E-state index in [1.165, 1.54) is 6.07 Å². The number of anilines is 2. The Labute approximate surface area is 121 Å². The van der Waals surface area contributed by atoms with Gasteiger partial charge in [0.1, 0.15) is 5.82 Å². The highest BCUT2D eigenvalue weighted by atomic mass is 35.5. The average Bonchev–Trinajstić information content (AvgIpc) is 2.39. The quantitative estimate of drug-likeness (QED) is 0.824. The lowest BCUT2D eigenvalue weighted by molar-refractivity contribution is 0.102. The van der Waals surface area contributed by atoms with Crippen LogP contribution in [0.5, 0.6) is 0 Å². The molecule has 104 valence electrons. The van der Waals surface area contributed by atoms with E-state index < -0.39 is 11.7 Å². The molecule has 2 rings (SSSR count). The maximum Gasteiger partial charge on any atom is 0.258 e. The topological polar surface area (TPSA) is 55.1 Å². The molecule has 0 saturated heterocycles. The molecular formula is C15H14ClFN2O. The van der Waals surface area contributed by atoms with E-state index in [9.17, 15) is 9.18 Å². The molecule has 2 aromatic rings. The number of halogens is 2. The fraction of sp³-hybridized carbons (Fsp3) is 0.133. The number of benzene rings is 2. The number of aryl methyl sites for hydroxylation is 2. The fourth-order valence-corrected chi connectivity index (χ4v) is 2.01. The summed E-state index contributed by atoms with van der Waals surface area (Å²) in [6.07, 6.45) is 0. The maximum absolute atomic E-state index is 13.9. The van der Waals surface area contributed by atoms with E-state index in [0.717, 1.165) is 5.56 Å². The van der Waals surface area contributed by atoms with Gasteiger partial charge in [-0.2, -0.15) is 0 Å². The molecule has 0 atom stereocenters. The zero-order valence-corrected chi connectivity index (χ0v) is 11.9. The first kappa shape index (κ1) is 14.3. The molecule has 0 unspecified atom stereocenters. The van der Waals surface area contributed by atoms with Gasteiger partial charge in [0, 0.05) is 5.69 Å². The van der Waals surface area contributed by atoms with Gasteiger partial charge < -0.3 is 11.1 Å². The van der Waals surface area contributed by atoms with Crippen molar-refractivity contribution in [3.8, 4) is 0 Å². The Bertz CT molecular complexity index is 686. The van der Waals surface area contributed by atoms with Crippen molar-refractivity contribution in [2.45, 2.75) is 13.8 Å². The van der Waals surface area contributed by atoms with Gasteiger partial charge >= 0.3 is 0 Å². The molecule has 0 aliphatic rings. The Morgan fingerprint density at radius 2 is 1.95 bits per heavy atom. The van der Waals surface area contributed by atoms with Gasteiger partial charge in [-0.15, -0.1) is 0 Å². The van der Waals surface area contributed by atoms with E-state index >= 15 is 0 Å². The van der Waals surface area contributed by atoms with Crippen molar-refractivity contribution < 1.29 is 9.18 Å². The van der Waals surface area contributed by atoms with E-state index in [1.807, 2.05) is 0 Å². The molecule has 0 aliphatic carbocycles. The molecular weight excluding hydrogens is 279 g/mol. The summed E-state index contributed by atoms with van der Waals surface area (Å²) in [5.74, 6) is -1.04. The first-order valence-electron chi connectivity index (χ1n) is 6.02. The van der Waals surface area contributed by atoms with Crippen LogP contribution in [0.25, 0.3) is 0 Å². The highest BCUT2D eigenvalue weighted by Gasteiger charge is 2.14. The predicted octanol–water partition coefficient (Wildman–Crippen LogP) is 3.93. The molecule has 5 heteroatoms. The monoisotopic (exact) mass is 292 g/mol. The number of nitrogens with two attached hydrogens (primary N) is 1. The van der Waals surface area contributed by atoms with E-state index in [1.54, 1.807) is 38.1 Å². The zero-order valence-electron chi connectivity index (χ0n) is 11.1. The number of nitrogens with one attached hydrogen (secondary N) is 1. The Hall–Kier alpha value is -2.07. The van der Waals surface area contributed by atoms with Gasteiger partial charge in [0.25, 0.3) is 5.91 Å². The van der Waals surface area contributed by atoms with E-state index in [-0.39, 0.29) is 5.56 Å². The third kappa shape index (κ3) is 2.75. The van der Waals surface area contributed by atoms with Gasteiger partial charge in [-0.1, -0.05) is 23.7 Å². The first-order chi connectivity index (χ1) is 9.40. The van der Waals surface area contributed by atoms with Crippen LogP contribution >= 0.6 is 11.6 Å². The van der Waals surface area contributed by atoms with Crippen LogP contribution in [0.3, 0.4) is 0 Å². The van der Waals surface area contributed by atoms with Crippen LogP contribution in [0, 0.1) is 19.7 Å². The van der Waals surface area contributed by atoms with Gasteiger partial charge in [-0.05, 0) is 43.2 Å². The Morgan fingerprint density at radius 3 is 2.65 bits per heavy atom. The largest absolute Gasteiger partial charge is 0.398 e. The smallest absolute Gasteiger partial charge is 0.258 e. The second-order valence-electron chi connectivity index (χ2n) is 4.58. The van der Waals surface area contributed by atoms with Gasteiger partial charge in [0.05, 0.1) is 16.3 Å². The number of nitrogen functional groups attached to an aromatic ring is 1. The second-order valence-corrected chi connectivity index (χ2v) is 4.99. The fourth-order valence-electron chi connectivity index (χ4n) is 1.85. The lowest BCUT2D eigenvalue weighted by atomic mass is 10.1.